The molecule has 0 aliphatic rings. The van der Waals surface area contributed by atoms with E-state index in [0.717, 1.165) is 6.26 Å². The largest absolute Gasteiger partial charge is 0.351 e. The molecule has 0 saturated heterocycles. The van der Waals surface area contributed by atoms with Crippen molar-refractivity contribution >= 4 is 21.6 Å². The monoisotopic (exact) mass is 332 g/mol. The van der Waals surface area contributed by atoms with Gasteiger partial charge in [0.1, 0.15) is 0 Å². The van der Waals surface area contributed by atoms with E-state index in [1.54, 1.807) is 24.3 Å². The number of hydrogen-bond acceptors (Lipinski definition) is 3. The summed E-state index contributed by atoms with van der Waals surface area (Å²) in [6.07, 6.45) is 1.08. The van der Waals surface area contributed by atoms with Crippen LogP contribution in [0.5, 0.6) is 0 Å². The van der Waals surface area contributed by atoms with Gasteiger partial charge in [0.05, 0.1) is 6.26 Å². The lowest BCUT2D eigenvalue weighted by Gasteiger charge is -2.13. The number of anilines is 1. The zero-order chi connectivity index (χ0) is 16.9. The lowest BCUT2D eigenvalue weighted by molar-refractivity contribution is 0.0951. The van der Waals surface area contributed by atoms with Crippen molar-refractivity contribution in [3.05, 3.63) is 65.7 Å². The minimum atomic E-state index is -3.31. The molecule has 122 valence electrons. The Hall–Kier alpha value is -2.34. The summed E-state index contributed by atoms with van der Waals surface area (Å²) in [7, 11) is -3.31. The van der Waals surface area contributed by atoms with Crippen LogP contribution in [0.15, 0.2) is 54.6 Å². The molecule has 2 aromatic carbocycles. The second-order valence-electron chi connectivity index (χ2n) is 5.47. The molecule has 0 saturated carbocycles. The van der Waals surface area contributed by atoms with E-state index in [2.05, 4.69) is 17.0 Å². The second kappa shape index (κ2) is 7.28. The van der Waals surface area contributed by atoms with Gasteiger partial charge in [0, 0.05) is 17.8 Å². The molecule has 0 fully saturated rings. The predicted molar refractivity (Wildman–Crippen MR) is 92.1 cm³/mol. The van der Waals surface area contributed by atoms with Crippen LogP contribution in [0.4, 0.5) is 5.69 Å². The van der Waals surface area contributed by atoms with Crippen LogP contribution in [0.1, 0.15) is 28.8 Å². The summed E-state index contributed by atoms with van der Waals surface area (Å²) in [4.78, 5) is 12.1. The van der Waals surface area contributed by atoms with Crippen molar-refractivity contribution in [2.75, 3.05) is 17.5 Å². The maximum atomic E-state index is 12.1. The van der Waals surface area contributed by atoms with Gasteiger partial charge in [-0.1, -0.05) is 37.3 Å². The third-order valence-electron chi connectivity index (χ3n) is 3.39. The summed E-state index contributed by atoms with van der Waals surface area (Å²) in [6, 6.07) is 16.3. The smallest absolute Gasteiger partial charge is 0.251 e. The summed E-state index contributed by atoms with van der Waals surface area (Å²) < 4.78 is 24.6. The van der Waals surface area contributed by atoms with Crippen LogP contribution in [-0.2, 0) is 10.0 Å². The number of carbonyl (C=O) groups is 1. The number of nitrogens with one attached hydrogen (secondary N) is 2. The highest BCUT2D eigenvalue weighted by atomic mass is 32.2. The number of benzene rings is 2. The van der Waals surface area contributed by atoms with Crippen molar-refractivity contribution in [2.45, 2.75) is 12.8 Å². The lowest BCUT2D eigenvalue weighted by atomic mass is 10.0. The van der Waals surface area contributed by atoms with Gasteiger partial charge >= 0.3 is 0 Å². The molecule has 0 bridgehead atoms. The molecule has 0 aliphatic heterocycles. The second-order valence-corrected chi connectivity index (χ2v) is 7.22. The summed E-state index contributed by atoms with van der Waals surface area (Å²) >= 11 is 0. The minimum Gasteiger partial charge on any atom is -0.351 e. The van der Waals surface area contributed by atoms with Crippen molar-refractivity contribution in [1.82, 2.24) is 5.32 Å². The summed E-state index contributed by atoms with van der Waals surface area (Å²) in [5.74, 6) is 0.0324. The van der Waals surface area contributed by atoms with E-state index in [1.165, 1.54) is 5.56 Å². The average Bonchev–Trinajstić information content (AvgIpc) is 2.52. The normalized spacial score (nSPS) is 12.4. The van der Waals surface area contributed by atoms with E-state index in [9.17, 15) is 13.2 Å². The molecule has 2 rings (SSSR count). The topological polar surface area (TPSA) is 75.3 Å². The van der Waals surface area contributed by atoms with Gasteiger partial charge in [-0.25, -0.2) is 8.42 Å². The molecular weight excluding hydrogens is 312 g/mol. The van der Waals surface area contributed by atoms with Crippen LogP contribution in [0.25, 0.3) is 0 Å². The van der Waals surface area contributed by atoms with Gasteiger partial charge in [0.2, 0.25) is 10.0 Å². The fourth-order valence-electron chi connectivity index (χ4n) is 2.15. The van der Waals surface area contributed by atoms with Gasteiger partial charge in [0.15, 0.2) is 0 Å². The van der Waals surface area contributed by atoms with E-state index in [1.807, 2.05) is 30.3 Å². The highest BCUT2D eigenvalue weighted by molar-refractivity contribution is 7.92. The maximum absolute atomic E-state index is 12.1. The molecule has 2 aromatic rings. The first-order valence-corrected chi connectivity index (χ1v) is 9.15. The Morgan fingerprint density at radius 1 is 1.04 bits per heavy atom. The van der Waals surface area contributed by atoms with E-state index in [-0.39, 0.29) is 11.8 Å². The quantitative estimate of drug-likeness (QED) is 0.854. The number of carbonyl (C=O) groups excluding carboxylic acids is 1. The Balaban J connectivity index is 1.93. The van der Waals surface area contributed by atoms with Crippen molar-refractivity contribution in [2.24, 2.45) is 0 Å². The van der Waals surface area contributed by atoms with Crippen molar-refractivity contribution in [1.29, 1.82) is 0 Å². The number of rotatable bonds is 6. The maximum Gasteiger partial charge on any atom is 0.251 e. The van der Waals surface area contributed by atoms with Crippen LogP contribution in [-0.4, -0.2) is 27.1 Å². The molecule has 23 heavy (non-hydrogen) atoms. The standard InChI is InChI=1S/C17H20N2O3S/c1-13(14-6-4-3-5-7-14)12-18-17(20)15-8-10-16(11-9-15)19-23(2,21)22/h3-11,13,19H,12H2,1-2H3,(H,18,20). The molecule has 0 aliphatic carbocycles. The van der Waals surface area contributed by atoms with Crippen LogP contribution in [0.2, 0.25) is 0 Å². The molecule has 2 N–H and O–H groups in total. The number of amides is 1. The third kappa shape index (κ3) is 5.41. The van der Waals surface area contributed by atoms with Gasteiger partial charge in [-0.2, -0.15) is 0 Å². The first-order valence-electron chi connectivity index (χ1n) is 7.26. The van der Waals surface area contributed by atoms with Crippen LogP contribution < -0.4 is 10.0 Å². The van der Waals surface area contributed by atoms with E-state index < -0.39 is 10.0 Å². The molecule has 0 aromatic heterocycles. The summed E-state index contributed by atoms with van der Waals surface area (Å²) in [5.41, 5.74) is 2.09. The van der Waals surface area contributed by atoms with E-state index in [4.69, 9.17) is 0 Å². The van der Waals surface area contributed by atoms with Gasteiger partial charge in [-0.05, 0) is 35.7 Å². The summed E-state index contributed by atoms with van der Waals surface area (Å²) in [6.45, 7) is 2.58. The van der Waals surface area contributed by atoms with Crippen LogP contribution in [0, 0.1) is 0 Å². The molecular formula is C17H20N2O3S. The van der Waals surface area contributed by atoms with Crippen molar-refractivity contribution in [3.8, 4) is 0 Å². The van der Waals surface area contributed by atoms with Crippen LogP contribution in [0.3, 0.4) is 0 Å². The Morgan fingerprint density at radius 3 is 2.22 bits per heavy atom. The Labute approximate surface area is 136 Å². The van der Waals surface area contributed by atoms with Crippen molar-refractivity contribution < 1.29 is 13.2 Å². The molecule has 0 spiro atoms. The van der Waals surface area contributed by atoms with Crippen molar-refractivity contribution in [3.63, 3.8) is 0 Å². The SMILES string of the molecule is CC(CNC(=O)c1ccc(NS(C)(=O)=O)cc1)c1ccccc1. The first kappa shape index (κ1) is 17.0. The average molecular weight is 332 g/mol. The molecule has 1 atom stereocenters. The third-order valence-corrected chi connectivity index (χ3v) is 3.99. The molecule has 5 nitrogen and oxygen atoms in total. The zero-order valence-electron chi connectivity index (χ0n) is 13.1. The first-order chi connectivity index (χ1) is 10.8. The molecule has 1 amide bonds. The highest BCUT2D eigenvalue weighted by Crippen LogP contribution is 2.14. The molecule has 1 unspecified atom stereocenters. The van der Waals surface area contributed by atoms with Gasteiger partial charge in [0.25, 0.3) is 5.91 Å². The predicted octanol–water partition coefficient (Wildman–Crippen LogP) is 2.59. The zero-order valence-corrected chi connectivity index (χ0v) is 13.9. The van der Waals surface area contributed by atoms with E-state index in [0.29, 0.717) is 17.8 Å². The highest BCUT2D eigenvalue weighted by Gasteiger charge is 2.10. The Morgan fingerprint density at radius 2 is 1.65 bits per heavy atom. The van der Waals surface area contributed by atoms with Gasteiger partial charge in [-0.3, -0.25) is 9.52 Å². The minimum absolute atomic E-state index is 0.182. The van der Waals surface area contributed by atoms with Gasteiger partial charge in [-0.15, -0.1) is 0 Å². The van der Waals surface area contributed by atoms with Crippen LogP contribution >= 0.6 is 0 Å². The Bertz CT molecular complexity index is 756. The van der Waals surface area contributed by atoms with Gasteiger partial charge < -0.3 is 5.32 Å². The Kier molecular flexibility index (Phi) is 5.39. The fraction of sp³-hybridized carbons (Fsp3) is 0.235. The molecule has 0 heterocycles. The molecule has 6 heteroatoms. The lowest BCUT2D eigenvalue weighted by Crippen LogP contribution is -2.27. The molecule has 0 radical (unpaired) electrons. The van der Waals surface area contributed by atoms with E-state index >= 15 is 0 Å². The number of sulfonamides is 1. The summed E-state index contributed by atoms with van der Waals surface area (Å²) in [5, 5.41) is 2.89. The number of hydrogen-bond donors (Lipinski definition) is 2. The fourth-order valence-corrected chi connectivity index (χ4v) is 2.72.